The Morgan fingerprint density at radius 3 is 2.26 bits per heavy atom. The number of phenols is 1. The van der Waals surface area contributed by atoms with E-state index in [0.29, 0.717) is 15.4 Å². The van der Waals surface area contributed by atoms with Gasteiger partial charge < -0.3 is 15.5 Å². The fourth-order valence-corrected chi connectivity index (χ4v) is 4.16. The summed E-state index contributed by atoms with van der Waals surface area (Å²) in [6, 6.07) is 11.5. The molecule has 0 radical (unpaired) electrons. The number of amides is 1. The van der Waals surface area contributed by atoms with Gasteiger partial charge >= 0.3 is 22.3 Å². The van der Waals surface area contributed by atoms with Gasteiger partial charge in [0.15, 0.2) is 0 Å². The highest BCUT2D eigenvalue weighted by atomic mass is 32.2. The van der Waals surface area contributed by atoms with Crippen LogP contribution >= 0.6 is 0 Å². The number of nitrogens with one attached hydrogen (secondary N) is 2. The first-order valence-electron chi connectivity index (χ1n) is 8.92. The molecule has 12 heteroatoms. The van der Waals surface area contributed by atoms with Crippen LogP contribution in [0.3, 0.4) is 0 Å². The molecule has 1 atom stereocenters. The zero-order chi connectivity index (χ0) is 22.8. The standard InChI is InChI=1S/C19H18F3N3O5S/c20-19(21,22)18(28)23-14(8-12-4-2-1-3-5-12)9-13-6-7-15(16(26)10-13)25-11-17(27)24-31(25,29)30/h1-7,10-11,14,24,26-27H,8-9H2,(H,23,28)/t14-/m0/s1. The first-order valence-corrected chi connectivity index (χ1v) is 10.4. The summed E-state index contributed by atoms with van der Waals surface area (Å²) in [4.78, 5) is 11.5. The zero-order valence-corrected chi connectivity index (χ0v) is 16.6. The van der Waals surface area contributed by atoms with Gasteiger partial charge in [-0.25, -0.2) is 9.03 Å². The molecule has 0 spiro atoms. The third kappa shape index (κ3) is 5.40. The highest BCUT2D eigenvalue weighted by Gasteiger charge is 2.39. The lowest BCUT2D eigenvalue weighted by atomic mass is 9.98. The summed E-state index contributed by atoms with van der Waals surface area (Å²) < 4.78 is 64.5. The predicted molar refractivity (Wildman–Crippen MR) is 105 cm³/mol. The van der Waals surface area contributed by atoms with Crippen molar-refractivity contribution in [2.24, 2.45) is 0 Å². The number of alkyl halides is 3. The molecule has 0 fully saturated rings. The van der Waals surface area contributed by atoms with Crippen LogP contribution in [0.15, 0.2) is 60.6 Å². The topological polar surface area (TPSA) is 119 Å². The van der Waals surface area contributed by atoms with Crippen LogP contribution in [0.1, 0.15) is 11.1 Å². The number of carbonyl (C=O) groups is 1. The van der Waals surface area contributed by atoms with Gasteiger partial charge in [-0.1, -0.05) is 36.4 Å². The molecule has 4 N–H and O–H groups in total. The second kappa shape index (κ2) is 8.38. The van der Waals surface area contributed by atoms with Gasteiger partial charge in [-0.15, -0.1) is 0 Å². The normalized spacial score (nSPS) is 16.4. The summed E-state index contributed by atoms with van der Waals surface area (Å²) in [6.07, 6.45) is -4.15. The SMILES string of the molecule is O=C(N[C@@H](Cc1ccccc1)Cc1ccc(N2C=C(O)NS2(=O)=O)c(O)c1)C(F)(F)F. The van der Waals surface area contributed by atoms with E-state index in [2.05, 4.69) is 0 Å². The van der Waals surface area contributed by atoms with Crippen LogP contribution < -0.4 is 14.3 Å². The molecule has 1 aliphatic heterocycles. The van der Waals surface area contributed by atoms with Crippen LogP contribution in [0.25, 0.3) is 0 Å². The van der Waals surface area contributed by atoms with Crippen molar-refractivity contribution in [1.82, 2.24) is 10.0 Å². The van der Waals surface area contributed by atoms with E-state index in [1.807, 2.05) is 10.0 Å². The van der Waals surface area contributed by atoms with Gasteiger partial charge in [0.2, 0.25) is 5.88 Å². The fraction of sp³-hybridized carbons (Fsp3) is 0.211. The number of halogens is 3. The van der Waals surface area contributed by atoms with E-state index >= 15 is 0 Å². The highest BCUT2D eigenvalue weighted by molar-refractivity contribution is 7.91. The monoisotopic (exact) mass is 457 g/mol. The van der Waals surface area contributed by atoms with Crippen molar-refractivity contribution >= 4 is 21.8 Å². The van der Waals surface area contributed by atoms with Crippen LogP contribution in [-0.4, -0.2) is 36.8 Å². The number of aromatic hydroxyl groups is 1. The first-order chi connectivity index (χ1) is 14.5. The van der Waals surface area contributed by atoms with Gasteiger partial charge in [0.1, 0.15) is 11.4 Å². The Hall–Kier alpha value is -3.41. The number of nitrogens with zero attached hydrogens (tertiary/aromatic N) is 1. The summed E-state index contributed by atoms with van der Waals surface area (Å²) in [5, 5.41) is 21.6. The van der Waals surface area contributed by atoms with Gasteiger partial charge in [-0.05, 0) is 36.1 Å². The van der Waals surface area contributed by atoms with Gasteiger partial charge in [-0.3, -0.25) is 4.79 Å². The number of hydrogen-bond donors (Lipinski definition) is 4. The molecule has 0 aromatic heterocycles. The summed E-state index contributed by atoms with van der Waals surface area (Å²) in [5.74, 6) is -3.19. The van der Waals surface area contributed by atoms with E-state index in [9.17, 15) is 36.6 Å². The molecule has 0 aliphatic carbocycles. The van der Waals surface area contributed by atoms with Gasteiger partial charge in [0.05, 0.1) is 6.20 Å². The Kier molecular flexibility index (Phi) is 6.02. The molecule has 3 rings (SSSR count). The number of anilines is 1. The molecular weight excluding hydrogens is 439 g/mol. The largest absolute Gasteiger partial charge is 0.506 e. The number of rotatable bonds is 6. The summed E-state index contributed by atoms with van der Waals surface area (Å²) in [6.45, 7) is 0. The Morgan fingerprint density at radius 1 is 1.06 bits per heavy atom. The van der Waals surface area contributed by atoms with Crippen LogP contribution in [0.4, 0.5) is 18.9 Å². The van der Waals surface area contributed by atoms with Gasteiger partial charge in [0.25, 0.3) is 0 Å². The van der Waals surface area contributed by atoms with Crippen molar-refractivity contribution in [3.8, 4) is 5.75 Å². The van der Waals surface area contributed by atoms with Crippen molar-refractivity contribution in [2.75, 3.05) is 4.31 Å². The quantitative estimate of drug-likeness (QED) is 0.531. The minimum Gasteiger partial charge on any atom is -0.506 e. The predicted octanol–water partition coefficient (Wildman–Crippen LogP) is 2.24. The van der Waals surface area contributed by atoms with E-state index in [0.717, 1.165) is 6.20 Å². The average Bonchev–Trinajstić information content (AvgIpc) is 2.93. The molecule has 2 aromatic rings. The maximum atomic E-state index is 12.7. The Morgan fingerprint density at radius 2 is 1.71 bits per heavy atom. The Labute approximate surface area is 175 Å². The van der Waals surface area contributed by atoms with Crippen LogP contribution in [-0.2, 0) is 27.8 Å². The summed E-state index contributed by atoms with van der Waals surface area (Å²) >= 11 is 0. The van der Waals surface area contributed by atoms with Crippen molar-refractivity contribution in [2.45, 2.75) is 25.1 Å². The van der Waals surface area contributed by atoms with Crippen molar-refractivity contribution in [3.05, 3.63) is 71.7 Å². The third-order valence-corrected chi connectivity index (χ3v) is 5.70. The maximum Gasteiger partial charge on any atom is 0.471 e. The minimum atomic E-state index is -5.05. The molecule has 0 unspecified atom stereocenters. The number of carbonyl (C=O) groups excluding carboxylic acids is 1. The summed E-state index contributed by atoms with van der Waals surface area (Å²) in [5.41, 5.74) is 0.896. The molecule has 1 aliphatic rings. The fourth-order valence-electron chi connectivity index (χ4n) is 3.09. The molecule has 31 heavy (non-hydrogen) atoms. The molecule has 1 heterocycles. The van der Waals surface area contributed by atoms with Crippen molar-refractivity contribution in [1.29, 1.82) is 0 Å². The molecule has 0 bridgehead atoms. The number of phenolic OH excluding ortho intramolecular Hbond substituents is 1. The van der Waals surface area contributed by atoms with E-state index in [1.54, 1.807) is 30.3 Å². The lowest BCUT2D eigenvalue weighted by Crippen LogP contribution is -2.45. The summed E-state index contributed by atoms with van der Waals surface area (Å²) in [7, 11) is -4.12. The van der Waals surface area contributed by atoms with E-state index in [4.69, 9.17) is 0 Å². The maximum absolute atomic E-state index is 12.7. The van der Waals surface area contributed by atoms with Crippen molar-refractivity contribution < 1.29 is 36.6 Å². The van der Waals surface area contributed by atoms with E-state index < -0.39 is 40.0 Å². The van der Waals surface area contributed by atoms with Crippen molar-refractivity contribution in [3.63, 3.8) is 0 Å². The first kappa shape index (κ1) is 22.3. The highest BCUT2D eigenvalue weighted by Crippen LogP contribution is 2.33. The lowest BCUT2D eigenvalue weighted by Gasteiger charge is -2.21. The second-order valence-electron chi connectivity index (χ2n) is 6.80. The molecule has 0 saturated carbocycles. The molecule has 1 amide bonds. The lowest BCUT2D eigenvalue weighted by molar-refractivity contribution is -0.174. The van der Waals surface area contributed by atoms with Gasteiger partial charge in [0, 0.05) is 6.04 Å². The Balaban J connectivity index is 1.83. The smallest absolute Gasteiger partial charge is 0.471 e. The zero-order valence-electron chi connectivity index (χ0n) is 15.8. The molecule has 166 valence electrons. The van der Waals surface area contributed by atoms with E-state index in [-0.39, 0.29) is 18.5 Å². The second-order valence-corrected chi connectivity index (χ2v) is 8.35. The number of aliphatic hydroxyl groups excluding tert-OH is 1. The van der Waals surface area contributed by atoms with Crippen LogP contribution in [0, 0.1) is 0 Å². The number of aliphatic hydroxyl groups is 1. The third-order valence-electron chi connectivity index (χ3n) is 4.41. The molecule has 8 nitrogen and oxygen atoms in total. The molecule has 0 saturated heterocycles. The van der Waals surface area contributed by atoms with Crippen LogP contribution in [0.5, 0.6) is 5.75 Å². The number of hydrogen-bond acceptors (Lipinski definition) is 5. The van der Waals surface area contributed by atoms with Gasteiger partial charge in [-0.2, -0.15) is 21.6 Å². The molecular formula is C19H18F3N3O5S. The Bertz CT molecular complexity index is 1100. The minimum absolute atomic E-state index is 0.0589. The number of benzene rings is 2. The average molecular weight is 457 g/mol. The van der Waals surface area contributed by atoms with Crippen LogP contribution in [0.2, 0.25) is 0 Å². The molecule has 2 aromatic carbocycles. The van der Waals surface area contributed by atoms with E-state index in [1.165, 1.54) is 18.2 Å².